The average molecular weight is 468 g/mol. The lowest BCUT2D eigenvalue weighted by molar-refractivity contribution is 0.1000. The van der Waals surface area contributed by atoms with E-state index >= 15 is 0 Å². The molecule has 0 saturated carbocycles. The first-order valence-corrected chi connectivity index (χ1v) is 13.1. The van der Waals surface area contributed by atoms with Crippen LogP contribution in [0.5, 0.6) is 0 Å². The van der Waals surface area contributed by atoms with E-state index in [1.807, 2.05) is 18.2 Å². The molecule has 4 rings (SSSR count). The molecule has 2 nitrogen and oxygen atoms in total. The van der Waals surface area contributed by atoms with Gasteiger partial charge in [-0.15, -0.1) is 0 Å². The van der Waals surface area contributed by atoms with Gasteiger partial charge in [0.05, 0.1) is 0 Å². The minimum Gasteiger partial charge on any atom is -0.366 e. The van der Waals surface area contributed by atoms with Crippen molar-refractivity contribution in [3.05, 3.63) is 69.2 Å². The quantitative estimate of drug-likeness (QED) is 0.477. The predicted octanol–water partition coefficient (Wildman–Crippen LogP) is 7.87. The number of rotatable bonds is 5. The van der Waals surface area contributed by atoms with Crippen molar-refractivity contribution in [3.63, 3.8) is 0 Å². The second kappa shape index (κ2) is 9.82. The smallest absolute Gasteiger partial charge is 0.248 e. The fourth-order valence-corrected chi connectivity index (χ4v) is 7.13. The number of nitrogens with two attached hydrogens (primary N) is 1. The van der Waals surface area contributed by atoms with Crippen LogP contribution in [0, 0.1) is 17.8 Å². The summed E-state index contributed by atoms with van der Waals surface area (Å²) in [4.78, 5) is 11.4. The standard InChI is InChI=1S/C16H23NO.C14H19Cl/c1-10(2)16(11(3)4)8-7-12-5-6-13(15(17)18)9-14(12)16;1-4-14(10(2)3)9-8-11-12(14)6-5-7-13(11)15/h5-6,9-11H,7-8H2,1-4H3,(H2,17,18);5-7,10H,4,8-9H2,1-3H3. The first-order valence-electron chi connectivity index (χ1n) is 12.7. The van der Waals surface area contributed by atoms with E-state index in [9.17, 15) is 4.79 Å². The van der Waals surface area contributed by atoms with Gasteiger partial charge in [0.25, 0.3) is 0 Å². The van der Waals surface area contributed by atoms with Crippen LogP contribution >= 0.6 is 11.6 Å². The van der Waals surface area contributed by atoms with E-state index in [0.29, 0.717) is 28.7 Å². The minimum atomic E-state index is -0.328. The fourth-order valence-electron chi connectivity index (χ4n) is 6.86. The summed E-state index contributed by atoms with van der Waals surface area (Å²) in [6.07, 6.45) is 5.93. The zero-order valence-corrected chi connectivity index (χ0v) is 22.4. The predicted molar refractivity (Wildman–Crippen MR) is 141 cm³/mol. The number of carbonyl (C=O) groups excluding carboxylic acids is 1. The summed E-state index contributed by atoms with van der Waals surface area (Å²) in [6, 6.07) is 12.4. The van der Waals surface area contributed by atoms with Gasteiger partial charge in [-0.25, -0.2) is 0 Å². The highest BCUT2D eigenvalue weighted by Gasteiger charge is 2.44. The molecule has 2 aliphatic carbocycles. The van der Waals surface area contributed by atoms with E-state index in [4.69, 9.17) is 17.3 Å². The second-order valence-electron chi connectivity index (χ2n) is 11.0. The van der Waals surface area contributed by atoms with Gasteiger partial charge >= 0.3 is 0 Å². The van der Waals surface area contributed by atoms with Crippen LogP contribution in [-0.4, -0.2) is 5.91 Å². The fraction of sp³-hybridized carbons (Fsp3) is 0.567. The third-order valence-electron chi connectivity index (χ3n) is 8.98. The SMILES string of the molecule is CC(C)C1(C(C)C)CCc2ccc(C(N)=O)cc21.CCC1(C(C)C)CCc2c(Cl)cccc21. The Hall–Kier alpha value is -1.80. The maximum absolute atomic E-state index is 11.4. The molecular weight excluding hydrogens is 426 g/mol. The molecule has 0 heterocycles. The molecule has 1 atom stereocenters. The van der Waals surface area contributed by atoms with Crippen molar-refractivity contribution in [2.24, 2.45) is 23.5 Å². The highest BCUT2D eigenvalue weighted by atomic mass is 35.5. The van der Waals surface area contributed by atoms with Crippen LogP contribution in [-0.2, 0) is 23.7 Å². The van der Waals surface area contributed by atoms with Gasteiger partial charge in [0.15, 0.2) is 0 Å². The molecule has 2 aromatic carbocycles. The number of primary amides is 1. The first kappa shape index (κ1) is 25.8. The van der Waals surface area contributed by atoms with Gasteiger partial charge in [-0.3, -0.25) is 4.79 Å². The van der Waals surface area contributed by atoms with Crippen molar-refractivity contribution in [3.8, 4) is 0 Å². The Morgan fingerprint density at radius 3 is 2.15 bits per heavy atom. The Kier molecular flexibility index (Phi) is 7.68. The number of benzene rings is 2. The highest BCUT2D eigenvalue weighted by Crippen LogP contribution is 2.50. The molecule has 1 unspecified atom stereocenters. The van der Waals surface area contributed by atoms with E-state index < -0.39 is 0 Å². The van der Waals surface area contributed by atoms with Crippen molar-refractivity contribution in [1.29, 1.82) is 0 Å². The molecule has 2 N–H and O–H groups in total. The number of amides is 1. The van der Waals surface area contributed by atoms with Crippen LogP contribution in [0.3, 0.4) is 0 Å². The Bertz CT molecular complexity index is 998. The molecular formula is C30H42ClNO. The third kappa shape index (κ3) is 4.36. The largest absolute Gasteiger partial charge is 0.366 e. The lowest BCUT2D eigenvalue weighted by Gasteiger charge is -2.39. The van der Waals surface area contributed by atoms with Crippen LogP contribution < -0.4 is 5.73 Å². The summed E-state index contributed by atoms with van der Waals surface area (Å²) in [5, 5.41) is 0.962. The van der Waals surface area contributed by atoms with Crippen molar-refractivity contribution in [1.82, 2.24) is 0 Å². The Morgan fingerprint density at radius 1 is 0.939 bits per heavy atom. The van der Waals surface area contributed by atoms with Gasteiger partial charge in [-0.2, -0.15) is 0 Å². The van der Waals surface area contributed by atoms with Gasteiger partial charge in [-0.05, 0) is 95.7 Å². The summed E-state index contributed by atoms with van der Waals surface area (Å²) in [6.45, 7) is 16.1. The van der Waals surface area contributed by atoms with Gasteiger partial charge in [-0.1, -0.05) is 78.3 Å². The van der Waals surface area contributed by atoms with Gasteiger partial charge < -0.3 is 5.73 Å². The van der Waals surface area contributed by atoms with Gasteiger partial charge in [0, 0.05) is 16.0 Å². The number of fused-ring (bicyclic) bond motifs is 2. The van der Waals surface area contributed by atoms with E-state index in [0.717, 1.165) is 17.9 Å². The summed E-state index contributed by atoms with van der Waals surface area (Å²) >= 11 is 6.26. The highest BCUT2D eigenvalue weighted by molar-refractivity contribution is 6.31. The van der Waals surface area contributed by atoms with E-state index in [2.05, 4.69) is 66.7 Å². The molecule has 0 aromatic heterocycles. The molecule has 3 heteroatoms. The maximum atomic E-state index is 11.4. The van der Waals surface area contributed by atoms with Crippen molar-refractivity contribution >= 4 is 17.5 Å². The van der Waals surface area contributed by atoms with Crippen LogP contribution in [0.1, 0.15) is 100 Å². The monoisotopic (exact) mass is 467 g/mol. The van der Waals surface area contributed by atoms with Crippen molar-refractivity contribution < 1.29 is 4.79 Å². The molecule has 0 saturated heterocycles. The molecule has 180 valence electrons. The zero-order chi connectivity index (χ0) is 24.6. The van der Waals surface area contributed by atoms with Crippen LogP contribution in [0.4, 0.5) is 0 Å². The van der Waals surface area contributed by atoms with Crippen LogP contribution in [0.25, 0.3) is 0 Å². The molecule has 2 aliphatic rings. The first-order chi connectivity index (χ1) is 15.5. The van der Waals surface area contributed by atoms with Gasteiger partial charge in [0.1, 0.15) is 0 Å². The number of aryl methyl sites for hydroxylation is 1. The number of hydrogen-bond acceptors (Lipinski definition) is 1. The summed E-state index contributed by atoms with van der Waals surface area (Å²) in [5.74, 6) is 1.51. The van der Waals surface area contributed by atoms with E-state index in [1.54, 1.807) is 0 Å². The lowest BCUT2D eigenvalue weighted by atomic mass is 9.65. The molecule has 0 fully saturated rings. The number of carbonyl (C=O) groups is 1. The molecule has 0 radical (unpaired) electrons. The maximum Gasteiger partial charge on any atom is 0.248 e. The Balaban J connectivity index is 0.000000189. The Labute approximate surface area is 206 Å². The molecule has 1 amide bonds. The second-order valence-corrected chi connectivity index (χ2v) is 11.4. The number of halogens is 1. The van der Waals surface area contributed by atoms with Crippen molar-refractivity contribution in [2.45, 2.75) is 91.4 Å². The van der Waals surface area contributed by atoms with Crippen molar-refractivity contribution in [2.75, 3.05) is 0 Å². The van der Waals surface area contributed by atoms with E-state index in [-0.39, 0.29) is 11.3 Å². The van der Waals surface area contributed by atoms with Crippen LogP contribution in [0.15, 0.2) is 36.4 Å². The zero-order valence-electron chi connectivity index (χ0n) is 21.6. The molecule has 2 aromatic rings. The minimum absolute atomic E-state index is 0.195. The molecule has 0 aliphatic heterocycles. The van der Waals surface area contributed by atoms with E-state index in [1.165, 1.54) is 41.5 Å². The molecule has 33 heavy (non-hydrogen) atoms. The topological polar surface area (TPSA) is 43.1 Å². The summed E-state index contributed by atoms with van der Waals surface area (Å²) in [5.41, 5.74) is 12.3. The molecule has 0 bridgehead atoms. The average Bonchev–Trinajstić information content (AvgIpc) is 3.34. The molecule has 0 spiro atoms. The summed E-state index contributed by atoms with van der Waals surface area (Å²) < 4.78 is 0. The number of hydrogen-bond donors (Lipinski definition) is 1. The van der Waals surface area contributed by atoms with Gasteiger partial charge in [0.2, 0.25) is 5.91 Å². The normalized spacial score (nSPS) is 20.6. The Morgan fingerprint density at radius 2 is 1.61 bits per heavy atom. The third-order valence-corrected chi connectivity index (χ3v) is 9.33. The summed E-state index contributed by atoms with van der Waals surface area (Å²) in [7, 11) is 0. The lowest BCUT2D eigenvalue weighted by Crippen LogP contribution is -2.35. The van der Waals surface area contributed by atoms with Crippen LogP contribution in [0.2, 0.25) is 5.02 Å².